The molecule has 0 radical (unpaired) electrons. The van der Waals surface area contributed by atoms with Gasteiger partial charge in [-0.15, -0.1) is 0 Å². The highest BCUT2D eigenvalue weighted by atomic mass is 16.2. The molecule has 5 heterocycles. The summed E-state index contributed by atoms with van der Waals surface area (Å²) in [5.74, 6) is 0.488. The molecule has 0 aromatic carbocycles. The fourth-order valence-corrected chi connectivity index (χ4v) is 4.65. The largest absolute Gasteiger partial charge is 0.336 e. The zero-order chi connectivity index (χ0) is 26.5. The molecular weight excluding hydrogens is 476 g/mol. The van der Waals surface area contributed by atoms with Crippen molar-refractivity contribution in [3.05, 3.63) is 52.0 Å². The molecule has 1 atom stereocenters. The number of aryl methyl sites for hydroxylation is 1. The average molecular weight is 505 g/mol. The van der Waals surface area contributed by atoms with Gasteiger partial charge < -0.3 is 14.8 Å². The van der Waals surface area contributed by atoms with E-state index in [0.29, 0.717) is 17.2 Å². The van der Waals surface area contributed by atoms with Gasteiger partial charge >= 0.3 is 5.69 Å². The van der Waals surface area contributed by atoms with Crippen LogP contribution in [0.3, 0.4) is 0 Å². The maximum Gasteiger partial charge on any atom is 0.332 e. The molecule has 4 aromatic heterocycles. The second-order valence-corrected chi connectivity index (χ2v) is 9.82. The van der Waals surface area contributed by atoms with Gasteiger partial charge in [-0.1, -0.05) is 0 Å². The number of carbonyl (C=O) groups excluding carboxylic acids is 1. The third-order valence-electron chi connectivity index (χ3n) is 6.93. The van der Waals surface area contributed by atoms with Gasteiger partial charge in [0, 0.05) is 44.1 Å². The van der Waals surface area contributed by atoms with Crippen LogP contribution in [0.2, 0.25) is 0 Å². The van der Waals surface area contributed by atoms with E-state index in [9.17, 15) is 14.4 Å². The third kappa shape index (κ3) is 4.15. The summed E-state index contributed by atoms with van der Waals surface area (Å²) in [4.78, 5) is 62.1. The minimum atomic E-state index is -0.813. The van der Waals surface area contributed by atoms with Gasteiger partial charge in [-0.25, -0.2) is 24.7 Å². The van der Waals surface area contributed by atoms with Gasteiger partial charge in [0.2, 0.25) is 11.9 Å². The Balaban J connectivity index is 1.37. The molecule has 5 rings (SSSR count). The lowest BCUT2D eigenvalue weighted by molar-refractivity contribution is -0.118. The van der Waals surface area contributed by atoms with Crippen molar-refractivity contribution in [1.29, 1.82) is 0 Å². The molecule has 0 saturated carbocycles. The van der Waals surface area contributed by atoms with Crippen LogP contribution in [0.15, 0.2) is 40.7 Å². The van der Waals surface area contributed by atoms with E-state index < -0.39 is 23.2 Å². The molecule has 1 aliphatic rings. The van der Waals surface area contributed by atoms with E-state index >= 15 is 0 Å². The molecule has 13 heteroatoms. The molecule has 192 valence electrons. The maximum atomic E-state index is 13.1. The first-order valence-electron chi connectivity index (χ1n) is 11.9. The predicted molar refractivity (Wildman–Crippen MR) is 137 cm³/mol. The van der Waals surface area contributed by atoms with Crippen LogP contribution < -0.4 is 21.5 Å². The summed E-state index contributed by atoms with van der Waals surface area (Å²) < 4.78 is 3.69. The number of nitrogens with one attached hydrogen (secondary N) is 1. The molecule has 1 N–H and O–H groups in total. The van der Waals surface area contributed by atoms with Crippen LogP contribution in [0.5, 0.6) is 0 Å². The van der Waals surface area contributed by atoms with Gasteiger partial charge in [0.1, 0.15) is 6.04 Å². The maximum absolute atomic E-state index is 13.1. The van der Waals surface area contributed by atoms with Crippen LogP contribution in [0.25, 0.3) is 22.4 Å². The smallest absolute Gasteiger partial charge is 0.332 e. The van der Waals surface area contributed by atoms with Crippen molar-refractivity contribution in [2.75, 3.05) is 16.8 Å². The van der Waals surface area contributed by atoms with Crippen LogP contribution in [-0.2, 0) is 18.9 Å². The summed E-state index contributed by atoms with van der Waals surface area (Å²) in [6.07, 6.45) is 9.98. The number of rotatable bonds is 5. The summed E-state index contributed by atoms with van der Waals surface area (Å²) in [5.41, 5.74) is 0.533. The van der Waals surface area contributed by atoms with Crippen LogP contribution in [0, 0.1) is 0 Å². The van der Waals surface area contributed by atoms with Crippen molar-refractivity contribution in [2.45, 2.75) is 45.2 Å². The van der Waals surface area contributed by atoms with E-state index in [-0.39, 0.29) is 22.5 Å². The van der Waals surface area contributed by atoms with E-state index in [2.05, 4.69) is 49.0 Å². The normalized spacial score (nSPS) is 15.8. The number of hydrogen-bond acceptors (Lipinski definition) is 9. The lowest BCUT2D eigenvalue weighted by atomic mass is 10.0. The van der Waals surface area contributed by atoms with Crippen LogP contribution in [0.4, 0.5) is 11.8 Å². The van der Waals surface area contributed by atoms with E-state index in [0.717, 1.165) is 24.0 Å². The monoisotopic (exact) mass is 504 g/mol. The summed E-state index contributed by atoms with van der Waals surface area (Å²) >= 11 is 0. The Kier molecular flexibility index (Phi) is 5.85. The molecule has 1 aliphatic heterocycles. The van der Waals surface area contributed by atoms with Gasteiger partial charge in [0.05, 0.1) is 24.4 Å². The SMILES string of the molecule is C[C@@H](C(=O)Nc1cncc(-c2cnc(N3CCCC3(C)C)nc2)n1)n1cnc2c1c(=O)n(C)c(=O)n2C. The first-order chi connectivity index (χ1) is 17.6. The second-order valence-electron chi connectivity index (χ2n) is 9.82. The fraction of sp³-hybridized carbons (Fsp3) is 0.417. The second kappa shape index (κ2) is 8.91. The Morgan fingerprint density at radius 3 is 2.46 bits per heavy atom. The molecular formula is C24H28N10O3. The van der Waals surface area contributed by atoms with E-state index in [4.69, 9.17) is 0 Å². The highest BCUT2D eigenvalue weighted by molar-refractivity contribution is 5.93. The summed E-state index contributed by atoms with van der Waals surface area (Å²) in [7, 11) is 2.91. The quantitative estimate of drug-likeness (QED) is 0.424. The highest BCUT2D eigenvalue weighted by Crippen LogP contribution is 2.31. The van der Waals surface area contributed by atoms with E-state index in [1.807, 2.05) is 0 Å². The summed E-state index contributed by atoms with van der Waals surface area (Å²) in [6.45, 7) is 6.91. The van der Waals surface area contributed by atoms with E-state index in [1.54, 1.807) is 25.5 Å². The van der Waals surface area contributed by atoms with Crippen LogP contribution in [0.1, 0.15) is 39.7 Å². The highest BCUT2D eigenvalue weighted by Gasteiger charge is 2.33. The molecule has 1 amide bonds. The van der Waals surface area contributed by atoms with Gasteiger partial charge in [-0.3, -0.25) is 23.7 Å². The van der Waals surface area contributed by atoms with Crippen molar-refractivity contribution in [1.82, 2.24) is 38.6 Å². The first-order valence-corrected chi connectivity index (χ1v) is 11.9. The Morgan fingerprint density at radius 1 is 1.05 bits per heavy atom. The molecule has 13 nitrogen and oxygen atoms in total. The molecule has 0 aliphatic carbocycles. The molecule has 37 heavy (non-hydrogen) atoms. The number of carbonyl (C=O) groups is 1. The van der Waals surface area contributed by atoms with Gasteiger partial charge in [0.15, 0.2) is 17.0 Å². The summed E-state index contributed by atoms with van der Waals surface area (Å²) in [6, 6.07) is -0.813. The lowest BCUT2D eigenvalue weighted by Crippen LogP contribution is -2.39. The van der Waals surface area contributed by atoms with E-state index in [1.165, 1.54) is 35.8 Å². The number of nitrogens with zero attached hydrogens (tertiary/aromatic N) is 9. The molecule has 0 unspecified atom stereocenters. The number of anilines is 2. The van der Waals surface area contributed by atoms with Crippen LogP contribution in [-0.4, -0.2) is 56.6 Å². The number of hydrogen-bond donors (Lipinski definition) is 1. The number of imidazole rings is 1. The first kappa shape index (κ1) is 24.3. The standard InChI is InChI=1S/C24H28N10O3/c1-14(33-13-28-19-18(33)21(36)32(5)23(37)31(19)4)20(35)30-17-12-25-11-16(29-17)15-9-26-22(27-10-15)34-8-6-7-24(34,2)3/h9-14H,6-8H2,1-5H3,(H,29,30,35)/t14-/m0/s1. The van der Waals surface area contributed by atoms with Gasteiger partial charge in [-0.2, -0.15) is 0 Å². The molecule has 4 aromatic rings. The number of aromatic nitrogens is 8. The Bertz CT molecular complexity index is 1620. The number of amides is 1. The van der Waals surface area contributed by atoms with Gasteiger partial charge in [-0.05, 0) is 33.6 Å². The predicted octanol–water partition coefficient (Wildman–Crippen LogP) is 1.26. The van der Waals surface area contributed by atoms with Crippen molar-refractivity contribution >= 4 is 28.8 Å². The van der Waals surface area contributed by atoms with Crippen molar-refractivity contribution in [3.63, 3.8) is 0 Å². The zero-order valence-corrected chi connectivity index (χ0v) is 21.3. The zero-order valence-electron chi connectivity index (χ0n) is 21.3. The Labute approximate surface area is 211 Å². The van der Waals surface area contributed by atoms with Crippen molar-refractivity contribution in [3.8, 4) is 11.3 Å². The Morgan fingerprint density at radius 2 is 1.78 bits per heavy atom. The molecule has 0 bridgehead atoms. The van der Waals surface area contributed by atoms with Gasteiger partial charge in [0.25, 0.3) is 5.56 Å². The average Bonchev–Trinajstić information content (AvgIpc) is 3.49. The minimum Gasteiger partial charge on any atom is -0.336 e. The third-order valence-corrected chi connectivity index (χ3v) is 6.93. The molecule has 1 fully saturated rings. The lowest BCUT2D eigenvalue weighted by Gasteiger charge is -2.31. The fourth-order valence-electron chi connectivity index (χ4n) is 4.65. The number of fused-ring (bicyclic) bond motifs is 1. The summed E-state index contributed by atoms with van der Waals surface area (Å²) in [5, 5.41) is 2.74. The minimum absolute atomic E-state index is 0.0155. The van der Waals surface area contributed by atoms with Crippen LogP contribution >= 0.6 is 0 Å². The Hall–Kier alpha value is -4.42. The molecule has 0 spiro atoms. The molecule has 1 saturated heterocycles. The van der Waals surface area contributed by atoms with Crippen molar-refractivity contribution < 1.29 is 4.79 Å². The topological polar surface area (TPSA) is 146 Å². The van der Waals surface area contributed by atoms with Crippen molar-refractivity contribution in [2.24, 2.45) is 14.1 Å².